The summed E-state index contributed by atoms with van der Waals surface area (Å²) in [5.74, 6) is 1.81. The topological polar surface area (TPSA) is 25.2 Å². The molecule has 1 heterocycles. The number of aryl methyl sites for hydroxylation is 3. The second kappa shape index (κ2) is 6.23. The van der Waals surface area contributed by atoms with E-state index in [9.17, 15) is 0 Å². The van der Waals surface area contributed by atoms with Crippen molar-refractivity contribution in [1.29, 1.82) is 0 Å². The number of hydrogen-bond donors (Lipinski definition) is 1. The summed E-state index contributed by atoms with van der Waals surface area (Å²) in [7, 11) is 0. The lowest BCUT2D eigenvalue weighted by molar-refractivity contribution is 0.481. The van der Waals surface area contributed by atoms with Gasteiger partial charge in [0.25, 0.3) is 0 Å². The second-order valence-electron chi connectivity index (χ2n) is 6.71. The van der Waals surface area contributed by atoms with Crippen LogP contribution in [0.2, 0.25) is 0 Å². The molecule has 1 N–H and O–H groups in total. The third kappa shape index (κ3) is 3.01. The minimum Gasteiger partial charge on any atom is -0.459 e. The van der Waals surface area contributed by atoms with Crippen molar-refractivity contribution in [2.24, 2.45) is 5.92 Å². The van der Waals surface area contributed by atoms with Gasteiger partial charge in [-0.2, -0.15) is 0 Å². The fourth-order valence-corrected chi connectivity index (χ4v) is 3.43. The first-order valence-corrected chi connectivity index (χ1v) is 8.45. The molecule has 0 saturated heterocycles. The van der Waals surface area contributed by atoms with Gasteiger partial charge in [0.05, 0.1) is 6.54 Å². The molecule has 21 heavy (non-hydrogen) atoms. The highest BCUT2D eigenvalue weighted by Gasteiger charge is 2.17. The Hall–Kier alpha value is -1.28. The van der Waals surface area contributed by atoms with Gasteiger partial charge in [0, 0.05) is 10.9 Å². The lowest BCUT2D eigenvalue weighted by Gasteiger charge is -2.15. The molecular formula is C19H27NO. The summed E-state index contributed by atoms with van der Waals surface area (Å²) in [5, 5.41) is 4.86. The average molecular weight is 285 g/mol. The van der Waals surface area contributed by atoms with Crippen molar-refractivity contribution in [3.63, 3.8) is 0 Å². The van der Waals surface area contributed by atoms with E-state index in [4.69, 9.17) is 4.42 Å². The predicted molar refractivity (Wildman–Crippen MR) is 88.8 cm³/mol. The third-order valence-corrected chi connectivity index (χ3v) is 4.53. The molecule has 1 aliphatic carbocycles. The normalized spacial score (nSPS) is 14.9. The van der Waals surface area contributed by atoms with E-state index >= 15 is 0 Å². The van der Waals surface area contributed by atoms with Crippen molar-refractivity contribution >= 4 is 11.0 Å². The van der Waals surface area contributed by atoms with E-state index < -0.39 is 0 Å². The van der Waals surface area contributed by atoms with Crippen molar-refractivity contribution in [1.82, 2.24) is 5.32 Å². The van der Waals surface area contributed by atoms with Crippen LogP contribution in [0.3, 0.4) is 0 Å². The van der Waals surface area contributed by atoms with E-state index in [-0.39, 0.29) is 0 Å². The number of fused-ring (bicyclic) bond motifs is 2. The van der Waals surface area contributed by atoms with E-state index in [1.54, 1.807) is 5.56 Å². The molecule has 3 rings (SSSR count). The van der Waals surface area contributed by atoms with Crippen LogP contribution in [0.5, 0.6) is 0 Å². The highest BCUT2D eigenvalue weighted by atomic mass is 16.3. The Morgan fingerprint density at radius 3 is 2.52 bits per heavy atom. The molecule has 2 aromatic rings. The molecule has 114 valence electrons. The standard InChI is InChI=1S/C19H27NO/c1-4-16-17-9-14-7-5-6-8-15(14)10-18(17)21-19(16)12-20-11-13(2)3/h9-10,13,20H,4-8,11-12H2,1-3H3. The summed E-state index contributed by atoms with van der Waals surface area (Å²) in [6.07, 6.45) is 6.16. The zero-order valence-electron chi connectivity index (χ0n) is 13.6. The second-order valence-corrected chi connectivity index (χ2v) is 6.71. The predicted octanol–water partition coefficient (Wildman–Crippen LogP) is 4.62. The molecule has 0 spiro atoms. The van der Waals surface area contributed by atoms with Gasteiger partial charge in [-0.25, -0.2) is 0 Å². The fraction of sp³-hybridized carbons (Fsp3) is 0.579. The summed E-state index contributed by atoms with van der Waals surface area (Å²) in [6, 6.07) is 4.70. The third-order valence-electron chi connectivity index (χ3n) is 4.53. The Balaban J connectivity index is 1.93. The smallest absolute Gasteiger partial charge is 0.134 e. The van der Waals surface area contributed by atoms with Crippen LogP contribution in [-0.2, 0) is 25.8 Å². The van der Waals surface area contributed by atoms with Gasteiger partial charge in [0.1, 0.15) is 11.3 Å². The Morgan fingerprint density at radius 2 is 1.86 bits per heavy atom. The summed E-state index contributed by atoms with van der Waals surface area (Å²) >= 11 is 0. The van der Waals surface area contributed by atoms with Crippen LogP contribution in [0.1, 0.15) is 56.1 Å². The zero-order valence-corrected chi connectivity index (χ0v) is 13.6. The number of furan rings is 1. The first-order valence-electron chi connectivity index (χ1n) is 8.45. The SMILES string of the molecule is CCc1c(CNCC(C)C)oc2cc3c(cc12)CCCC3. The lowest BCUT2D eigenvalue weighted by atomic mass is 9.90. The molecule has 0 saturated carbocycles. The molecule has 2 nitrogen and oxygen atoms in total. The molecule has 0 fully saturated rings. The Bertz CT molecular complexity index is 624. The lowest BCUT2D eigenvalue weighted by Crippen LogP contribution is -2.19. The van der Waals surface area contributed by atoms with E-state index in [1.165, 1.54) is 42.2 Å². The van der Waals surface area contributed by atoms with Crippen molar-refractivity contribution < 1.29 is 4.42 Å². The van der Waals surface area contributed by atoms with Crippen molar-refractivity contribution in [3.8, 4) is 0 Å². The highest BCUT2D eigenvalue weighted by Crippen LogP contribution is 2.32. The Kier molecular flexibility index (Phi) is 4.34. The molecule has 0 aliphatic heterocycles. The monoisotopic (exact) mass is 285 g/mol. The van der Waals surface area contributed by atoms with Gasteiger partial charge < -0.3 is 9.73 Å². The van der Waals surface area contributed by atoms with Gasteiger partial charge >= 0.3 is 0 Å². The van der Waals surface area contributed by atoms with Gasteiger partial charge in [-0.1, -0.05) is 20.8 Å². The van der Waals surface area contributed by atoms with Crippen LogP contribution in [-0.4, -0.2) is 6.54 Å². The van der Waals surface area contributed by atoms with Crippen LogP contribution in [0.15, 0.2) is 16.5 Å². The van der Waals surface area contributed by atoms with Crippen molar-refractivity contribution in [2.45, 2.75) is 59.4 Å². The molecule has 1 aliphatic rings. The van der Waals surface area contributed by atoms with Crippen LogP contribution in [0, 0.1) is 5.92 Å². The van der Waals surface area contributed by atoms with Crippen LogP contribution in [0.25, 0.3) is 11.0 Å². The quantitative estimate of drug-likeness (QED) is 0.867. The molecular weight excluding hydrogens is 258 g/mol. The van der Waals surface area contributed by atoms with E-state index in [0.717, 1.165) is 30.9 Å². The van der Waals surface area contributed by atoms with Gasteiger partial charge in [-0.05, 0) is 67.8 Å². The largest absolute Gasteiger partial charge is 0.459 e. The fourth-order valence-electron chi connectivity index (χ4n) is 3.43. The summed E-state index contributed by atoms with van der Waals surface area (Å²) in [5.41, 5.74) is 5.54. The van der Waals surface area contributed by atoms with Crippen LogP contribution in [0.4, 0.5) is 0 Å². The molecule has 0 atom stereocenters. The molecule has 0 bridgehead atoms. The van der Waals surface area contributed by atoms with Crippen molar-refractivity contribution in [2.75, 3.05) is 6.54 Å². The average Bonchev–Trinajstić information content (AvgIpc) is 2.80. The van der Waals surface area contributed by atoms with Crippen LogP contribution < -0.4 is 5.32 Å². The highest BCUT2D eigenvalue weighted by molar-refractivity contribution is 5.84. The summed E-state index contributed by atoms with van der Waals surface area (Å²) in [6.45, 7) is 8.59. The summed E-state index contributed by atoms with van der Waals surface area (Å²) < 4.78 is 6.18. The van der Waals surface area contributed by atoms with E-state index in [0.29, 0.717) is 5.92 Å². The summed E-state index contributed by atoms with van der Waals surface area (Å²) in [4.78, 5) is 0. The molecule has 1 aromatic heterocycles. The molecule has 0 amide bonds. The van der Waals surface area contributed by atoms with Crippen molar-refractivity contribution in [3.05, 3.63) is 34.6 Å². The number of nitrogens with one attached hydrogen (secondary N) is 1. The Morgan fingerprint density at radius 1 is 1.14 bits per heavy atom. The minimum absolute atomic E-state index is 0.673. The van der Waals surface area contributed by atoms with E-state index in [2.05, 4.69) is 38.2 Å². The minimum atomic E-state index is 0.673. The molecule has 0 radical (unpaired) electrons. The maximum absolute atomic E-state index is 6.18. The first kappa shape index (κ1) is 14.6. The maximum Gasteiger partial charge on any atom is 0.134 e. The molecule has 1 aromatic carbocycles. The number of benzene rings is 1. The molecule has 2 heteroatoms. The van der Waals surface area contributed by atoms with Gasteiger partial charge in [-0.3, -0.25) is 0 Å². The van der Waals surface area contributed by atoms with Gasteiger partial charge in [0.15, 0.2) is 0 Å². The van der Waals surface area contributed by atoms with Gasteiger partial charge in [0.2, 0.25) is 0 Å². The van der Waals surface area contributed by atoms with Gasteiger partial charge in [-0.15, -0.1) is 0 Å². The first-order chi connectivity index (χ1) is 10.2. The number of rotatable bonds is 5. The number of hydrogen-bond acceptors (Lipinski definition) is 2. The maximum atomic E-state index is 6.18. The zero-order chi connectivity index (χ0) is 14.8. The Labute approximate surface area is 127 Å². The molecule has 0 unspecified atom stereocenters. The van der Waals surface area contributed by atoms with Crippen LogP contribution >= 0.6 is 0 Å². The van der Waals surface area contributed by atoms with E-state index in [1.807, 2.05) is 0 Å².